The Labute approximate surface area is 106 Å². The van der Waals surface area contributed by atoms with Crippen molar-refractivity contribution in [3.63, 3.8) is 0 Å². The van der Waals surface area contributed by atoms with E-state index in [1.165, 1.54) is 20.8 Å². The highest BCUT2D eigenvalue weighted by atomic mass is 16.3. The molecule has 0 aliphatic carbocycles. The van der Waals surface area contributed by atoms with Gasteiger partial charge in [-0.3, -0.25) is 9.59 Å². The van der Waals surface area contributed by atoms with Crippen LogP contribution in [0, 0.1) is 0 Å². The van der Waals surface area contributed by atoms with Gasteiger partial charge in [-0.1, -0.05) is 30.3 Å². The molecule has 0 atom stereocenters. The second kappa shape index (κ2) is 5.96. The third-order valence-corrected chi connectivity index (χ3v) is 2.47. The van der Waals surface area contributed by atoms with Crippen molar-refractivity contribution in [2.24, 2.45) is 0 Å². The summed E-state index contributed by atoms with van der Waals surface area (Å²) in [6, 6.07) is 9.20. The van der Waals surface area contributed by atoms with Crippen LogP contribution in [0.2, 0.25) is 0 Å². The Morgan fingerprint density at radius 1 is 1.00 bits per heavy atom. The Bertz CT molecular complexity index is 518. The third kappa shape index (κ3) is 3.42. The summed E-state index contributed by atoms with van der Waals surface area (Å²) < 4.78 is 0. The molecule has 0 amide bonds. The lowest BCUT2D eigenvalue weighted by Gasteiger charge is -2.08. The predicted octanol–water partition coefficient (Wildman–Crippen LogP) is 3.08. The molecule has 0 aliphatic rings. The zero-order valence-electron chi connectivity index (χ0n) is 10.7. The molecule has 0 aliphatic heterocycles. The zero-order valence-corrected chi connectivity index (χ0v) is 10.7. The van der Waals surface area contributed by atoms with E-state index in [2.05, 4.69) is 0 Å². The van der Waals surface area contributed by atoms with E-state index in [9.17, 15) is 14.7 Å². The standard InChI is InChI=1S/C15H16O3/c1-10(16)14(15(11(2)17)12(3)18)9-13-7-5-4-6-8-13/h4-9,17H,1-3H3/b14-9-,15-11+. The Kier molecular flexibility index (Phi) is 4.60. The Morgan fingerprint density at radius 3 is 1.94 bits per heavy atom. The first kappa shape index (κ1) is 13.9. The van der Waals surface area contributed by atoms with Gasteiger partial charge in [0.2, 0.25) is 0 Å². The fourth-order valence-corrected chi connectivity index (χ4v) is 1.71. The molecule has 1 aromatic carbocycles. The minimum Gasteiger partial charge on any atom is -0.512 e. The minimum atomic E-state index is -0.326. The monoisotopic (exact) mass is 244 g/mol. The second-order valence-electron chi connectivity index (χ2n) is 4.04. The summed E-state index contributed by atoms with van der Waals surface area (Å²) >= 11 is 0. The Balaban J connectivity index is 3.36. The summed E-state index contributed by atoms with van der Waals surface area (Å²) in [4.78, 5) is 23.1. The molecule has 0 saturated carbocycles. The number of rotatable bonds is 4. The summed E-state index contributed by atoms with van der Waals surface area (Å²) in [6.07, 6.45) is 1.61. The molecule has 0 heterocycles. The van der Waals surface area contributed by atoms with Crippen LogP contribution in [0.1, 0.15) is 26.3 Å². The molecule has 0 spiro atoms. The number of allylic oxidation sites excluding steroid dienone is 3. The van der Waals surface area contributed by atoms with Gasteiger partial charge in [0.05, 0.1) is 5.57 Å². The molecule has 0 unspecified atom stereocenters. The van der Waals surface area contributed by atoms with Crippen LogP contribution in [0.5, 0.6) is 0 Å². The van der Waals surface area contributed by atoms with Crippen LogP contribution in [-0.4, -0.2) is 16.7 Å². The number of aliphatic hydroxyl groups excluding tert-OH is 1. The third-order valence-electron chi connectivity index (χ3n) is 2.47. The summed E-state index contributed by atoms with van der Waals surface area (Å²) in [5, 5.41) is 9.55. The van der Waals surface area contributed by atoms with E-state index in [1.807, 2.05) is 30.3 Å². The van der Waals surface area contributed by atoms with Crippen molar-refractivity contribution in [1.29, 1.82) is 0 Å². The molecule has 3 heteroatoms. The number of hydrogen-bond donors (Lipinski definition) is 1. The largest absolute Gasteiger partial charge is 0.512 e. The van der Waals surface area contributed by atoms with Crippen molar-refractivity contribution in [3.05, 3.63) is 52.8 Å². The number of benzene rings is 1. The molecule has 0 radical (unpaired) electrons. The van der Waals surface area contributed by atoms with Gasteiger partial charge in [0.25, 0.3) is 0 Å². The topological polar surface area (TPSA) is 54.4 Å². The summed E-state index contributed by atoms with van der Waals surface area (Å²) in [6.45, 7) is 4.11. The number of carbonyl (C=O) groups excluding carboxylic acids is 2. The summed E-state index contributed by atoms with van der Waals surface area (Å²) in [5.74, 6) is -0.718. The van der Waals surface area contributed by atoms with Crippen molar-refractivity contribution in [2.75, 3.05) is 0 Å². The van der Waals surface area contributed by atoms with E-state index in [4.69, 9.17) is 0 Å². The molecule has 18 heavy (non-hydrogen) atoms. The van der Waals surface area contributed by atoms with Crippen LogP contribution < -0.4 is 0 Å². The molecule has 94 valence electrons. The zero-order chi connectivity index (χ0) is 13.7. The molecule has 1 aromatic rings. The molecule has 0 saturated heterocycles. The number of ketones is 2. The van der Waals surface area contributed by atoms with E-state index < -0.39 is 0 Å². The highest BCUT2D eigenvalue weighted by Crippen LogP contribution is 2.19. The van der Waals surface area contributed by atoms with E-state index >= 15 is 0 Å². The highest BCUT2D eigenvalue weighted by molar-refractivity contribution is 6.13. The van der Waals surface area contributed by atoms with Crippen LogP contribution in [0.15, 0.2) is 47.2 Å². The van der Waals surface area contributed by atoms with E-state index in [0.29, 0.717) is 0 Å². The normalized spacial score (nSPS) is 12.9. The number of carbonyl (C=O) groups is 2. The molecule has 0 aromatic heterocycles. The number of aliphatic hydroxyl groups is 1. The molecule has 1 N–H and O–H groups in total. The molecule has 0 bridgehead atoms. The number of Topliss-reactive ketones (excluding diaryl/α,β-unsaturated/α-hetero) is 2. The van der Waals surface area contributed by atoms with Crippen LogP contribution in [-0.2, 0) is 9.59 Å². The molecule has 0 fully saturated rings. The van der Waals surface area contributed by atoms with Gasteiger partial charge in [0.15, 0.2) is 11.6 Å². The van der Waals surface area contributed by atoms with Crippen molar-refractivity contribution < 1.29 is 14.7 Å². The SMILES string of the molecule is CC(=O)C(=C(/C)O)/C(=C\c1ccccc1)C(C)=O. The number of hydrogen-bond acceptors (Lipinski definition) is 3. The lowest BCUT2D eigenvalue weighted by molar-refractivity contribution is -0.116. The first-order chi connectivity index (χ1) is 8.43. The van der Waals surface area contributed by atoms with Crippen LogP contribution in [0.3, 0.4) is 0 Å². The maximum Gasteiger partial charge on any atom is 0.163 e. The Morgan fingerprint density at radius 2 is 1.56 bits per heavy atom. The molecule has 1 rings (SSSR count). The minimum absolute atomic E-state index is 0.0753. The van der Waals surface area contributed by atoms with Crippen molar-refractivity contribution in [3.8, 4) is 0 Å². The molecular formula is C15H16O3. The van der Waals surface area contributed by atoms with E-state index in [1.54, 1.807) is 6.08 Å². The van der Waals surface area contributed by atoms with Gasteiger partial charge in [-0.2, -0.15) is 0 Å². The Hall–Kier alpha value is -2.16. The first-order valence-electron chi connectivity index (χ1n) is 5.62. The van der Waals surface area contributed by atoms with Crippen molar-refractivity contribution in [1.82, 2.24) is 0 Å². The van der Waals surface area contributed by atoms with E-state index in [0.717, 1.165) is 5.56 Å². The van der Waals surface area contributed by atoms with Crippen molar-refractivity contribution in [2.45, 2.75) is 20.8 Å². The first-order valence-corrected chi connectivity index (χ1v) is 5.62. The average molecular weight is 244 g/mol. The summed E-state index contributed by atoms with van der Waals surface area (Å²) in [7, 11) is 0. The lowest BCUT2D eigenvalue weighted by atomic mass is 9.96. The average Bonchev–Trinajstić information content (AvgIpc) is 2.28. The fraction of sp³-hybridized carbons (Fsp3) is 0.200. The maximum atomic E-state index is 11.6. The maximum absolute atomic E-state index is 11.6. The van der Waals surface area contributed by atoms with Gasteiger partial charge in [-0.15, -0.1) is 0 Å². The van der Waals surface area contributed by atoms with Gasteiger partial charge in [-0.05, 0) is 32.4 Å². The van der Waals surface area contributed by atoms with Crippen LogP contribution in [0.25, 0.3) is 6.08 Å². The fourth-order valence-electron chi connectivity index (χ4n) is 1.71. The van der Waals surface area contributed by atoms with Gasteiger partial charge in [-0.25, -0.2) is 0 Å². The van der Waals surface area contributed by atoms with E-state index in [-0.39, 0.29) is 28.5 Å². The quantitative estimate of drug-likeness (QED) is 0.503. The summed E-state index contributed by atoms with van der Waals surface area (Å²) in [5.41, 5.74) is 1.11. The molecule has 3 nitrogen and oxygen atoms in total. The van der Waals surface area contributed by atoms with Gasteiger partial charge in [0, 0.05) is 5.57 Å². The predicted molar refractivity (Wildman–Crippen MR) is 71.1 cm³/mol. The smallest absolute Gasteiger partial charge is 0.163 e. The van der Waals surface area contributed by atoms with Gasteiger partial charge >= 0.3 is 0 Å². The molecular weight excluding hydrogens is 228 g/mol. The van der Waals surface area contributed by atoms with Crippen LogP contribution in [0.4, 0.5) is 0 Å². The highest BCUT2D eigenvalue weighted by Gasteiger charge is 2.17. The van der Waals surface area contributed by atoms with Gasteiger partial charge < -0.3 is 5.11 Å². The lowest BCUT2D eigenvalue weighted by Crippen LogP contribution is -2.09. The second-order valence-corrected chi connectivity index (χ2v) is 4.04. The van der Waals surface area contributed by atoms with Gasteiger partial charge in [0.1, 0.15) is 5.76 Å². The van der Waals surface area contributed by atoms with Crippen LogP contribution >= 0.6 is 0 Å². The van der Waals surface area contributed by atoms with Crippen molar-refractivity contribution >= 4 is 17.6 Å².